The zero-order chi connectivity index (χ0) is 12.3. The molecule has 0 saturated carbocycles. The molecule has 0 aliphatic rings. The minimum absolute atomic E-state index is 0.153. The Morgan fingerprint density at radius 2 is 2.00 bits per heavy atom. The topological polar surface area (TPSA) is 41.5 Å². The molecule has 1 unspecified atom stereocenters. The highest BCUT2D eigenvalue weighted by Gasteiger charge is 2.06. The normalized spacial score (nSPS) is 12.6. The number of ether oxygens (including phenoxy) is 1. The van der Waals surface area contributed by atoms with Crippen molar-refractivity contribution in [3.8, 4) is 0 Å². The van der Waals surface area contributed by atoms with Crippen LogP contribution in [-0.2, 0) is 11.2 Å². The molecule has 0 amide bonds. The Labute approximate surface area is 104 Å². The van der Waals surface area contributed by atoms with Crippen LogP contribution in [0.2, 0.25) is 0 Å². The average Bonchev–Trinajstić information content (AvgIpc) is 2.38. The summed E-state index contributed by atoms with van der Waals surface area (Å²) in [5, 5.41) is 12.7. The third kappa shape index (κ3) is 6.41. The van der Waals surface area contributed by atoms with Crippen LogP contribution < -0.4 is 5.32 Å². The molecule has 2 N–H and O–H groups in total. The highest BCUT2D eigenvalue weighted by molar-refractivity contribution is 5.15. The molecule has 96 valence electrons. The second-order valence-corrected chi connectivity index (χ2v) is 4.22. The lowest BCUT2D eigenvalue weighted by Gasteiger charge is -2.16. The summed E-state index contributed by atoms with van der Waals surface area (Å²) >= 11 is 0. The van der Waals surface area contributed by atoms with Gasteiger partial charge in [-0.05, 0) is 31.4 Å². The number of methoxy groups -OCH3 is 1. The molecule has 0 heterocycles. The molecule has 0 aliphatic heterocycles. The van der Waals surface area contributed by atoms with E-state index in [1.807, 2.05) is 18.2 Å². The van der Waals surface area contributed by atoms with Gasteiger partial charge in [0.25, 0.3) is 0 Å². The van der Waals surface area contributed by atoms with E-state index < -0.39 is 0 Å². The third-order valence-electron chi connectivity index (χ3n) is 2.75. The highest BCUT2D eigenvalue weighted by Crippen LogP contribution is 2.03. The fraction of sp³-hybridized carbons (Fsp3) is 0.571. The van der Waals surface area contributed by atoms with Gasteiger partial charge in [-0.15, -0.1) is 0 Å². The van der Waals surface area contributed by atoms with E-state index in [0.717, 1.165) is 32.4 Å². The van der Waals surface area contributed by atoms with Crippen molar-refractivity contribution in [2.75, 3.05) is 26.9 Å². The highest BCUT2D eigenvalue weighted by atomic mass is 16.5. The first-order valence-corrected chi connectivity index (χ1v) is 6.24. The molecule has 0 radical (unpaired) electrons. The summed E-state index contributed by atoms with van der Waals surface area (Å²) in [7, 11) is 1.72. The van der Waals surface area contributed by atoms with E-state index in [1.165, 1.54) is 5.56 Å². The van der Waals surface area contributed by atoms with Crippen molar-refractivity contribution in [3.05, 3.63) is 35.9 Å². The lowest BCUT2D eigenvalue weighted by Crippen LogP contribution is -2.35. The van der Waals surface area contributed by atoms with Crippen molar-refractivity contribution >= 4 is 0 Å². The maximum atomic E-state index is 9.30. The van der Waals surface area contributed by atoms with Crippen LogP contribution in [0.4, 0.5) is 0 Å². The van der Waals surface area contributed by atoms with Crippen LogP contribution in [0.5, 0.6) is 0 Å². The Hall–Kier alpha value is -0.900. The Balaban J connectivity index is 2.20. The van der Waals surface area contributed by atoms with Gasteiger partial charge < -0.3 is 15.2 Å². The van der Waals surface area contributed by atoms with Gasteiger partial charge in [-0.2, -0.15) is 0 Å². The standard InChI is InChI=1S/C14H23NO2/c1-17-10-6-5-9-15-14(12-16)11-13-7-3-2-4-8-13/h2-4,7-8,14-16H,5-6,9-12H2,1H3. The summed E-state index contributed by atoms with van der Waals surface area (Å²) in [6, 6.07) is 10.4. The van der Waals surface area contributed by atoms with Crippen LogP contribution in [0.1, 0.15) is 18.4 Å². The van der Waals surface area contributed by atoms with Crippen LogP contribution in [0, 0.1) is 0 Å². The molecule has 1 aromatic carbocycles. The van der Waals surface area contributed by atoms with Crippen molar-refractivity contribution in [2.24, 2.45) is 0 Å². The lowest BCUT2D eigenvalue weighted by molar-refractivity contribution is 0.190. The Morgan fingerprint density at radius 1 is 1.24 bits per heavy atom. The largest absolute Gasteiger partial charge is 0.395 e. The number of aliphatic hydroxyl groups excluding tert-OH is 1. The van der Waals surface area contributed by atoms with Crippen molar-refractivity contribution in [2.45, 2.75) is 25.3 Å². The molecule has 17 heavy (non-hydrogen) atoms. The van der Waals surface area contributed by atoms with Crippen LogP contribution in [0.15, 0.2) is 30.3 Å². The van der Waals surface area contributed by atoms with Gasteiger partial charge in [0.2, 0.25) is 0 Å². The predicted octanol–water partition coefficient (Wildman–Crippen LogP) is 1.61. The SMILES string of the molecule is COCCCCNC(CO)Cc1ccccc1. The molecule has 3 heteroatoms. The number of nitrogens with one attached hydrogen (secondary N) is 1. The summed E-state index contributed by atoms with van der Waals surface area (Å²) in [5.74, 6) is 0. The molecular weight excluding hydrogens is 214 g/mol. The van der Waals surface area contributed by atoms with Crippen molar-refractivity contribution in [1.82, 2.24) is 5.32 Å². The van der Waals surface area contributed by atoms with E-state index in [-0.39, 0.29) is 12.6 Å². The Kier molecular flexibility index (Phi) is 7.63. The van der Waals surface area contributed by atoms with Crippen LogP contribution >= 0.6 is 0 Å². The monoisotopic (exact) mass is 237 g/mol. The van der Waals surface area contributed by atoms with Crippen molar-refractivity contribution in [3.63, 3.8) is 0 Å². The molecule has 0 aromatic heterocycles. The minimum atomic E-state index is 0.153. The first-order valence-electron chi connectivity index (χ1n) is 6.24. The van der Waals surface area contributed by atoms with Crippen LogP contribution in [0.3, 0.4) is 0 Å². The summed E-state index contributed by atoms with van der Waals surface area (Å²) < 4.78 is 4.99. The smallest absolute Gasteiger partial charge is 0.0587 e. The first-order chi connectivity index (χ1) is 8.36. The average molecular weight is 237 g/mol. The molecule has 3 nitrogen and oxygen atoms in total. The fourth-order valence-corrected chi connectivity index (χ4v) is 1.78. The lowest BCUT2D eigenvalue weighted by atomic mass is 10.1. The van der Waals surface area contributed by atoms with E-state index in [9.17, 15) is 5.11 Å². The molecule has 0 saturated heterocycles. The fourth-order valence-electron chi connectivity index (χ4n) is 1.78. The van der Waals surface area contributed by atoms with E-state index in [1.54, 1.807) is 7.11 Å². The molecular formula is C14H23NO2. The van der Waals surface area contributed by atoms with Gasteiger partial charge in [-0.1, -0.05) is 30.3 Å². The Bertz CT molecular complexity index is 277. The Morgan fingerprint density at radius 3 is 2.65 bits per heavy atom. The maximum absolute atomic E-state index is 9.30. The van der Waals surface area contributed by atoms with Gasteiger partial charge in [-0.25, -0.2) is 0 Å². The van der Waals surface area contributed by atoms with Gasteiger partial charge >= 0.3 is 0 Å². The first kappa shape index (κ1) is 14.2. The van der Waals surface area contributed by atoms with E-state index in [2.05, 4.69) is 17.4 Å². The van der Waals surface area contributed by atoms with Crippen LogP contribution in [-0.4, -0.2) is 38.0 Å². The van der Waals surface area contributed by atoms with Crippen molar-refractivity contribution in [1.29, 1.82) is 0 Å². The predicted molar refractivity (Wildman–Crippen MR) is 70.1 cm³/mol. The van der Waals surface area contributed by atoms with Gasteiger partial charge in [0.15, 0.2) is 0 Å². The van der Waals surface area contributed by atoms with E-state index in [0.29, 0.717) is 0 Å². The number of unbranched alkanes of at least 4 members (excludes halogenated alkanes) is 1. The molecule has 1 rings (SSSR count). The number of hydrogen-bond acceptors (Lipinski definition) is 3. The quantitative estimate of drug-likeness (QED) is 0.641. The number of aliphatic hydroxyl groups is 1. The molecule has 1 atom stereocenters. The summed E-state index contributed by atoms with van der Waals surface area (Å²) in [6.07, 6.45) is 3.02. The van der Waals surface area contributed by atoms with Gasteiger partial charge in [0.05, 0.1) is 6.61 Å². The zero-order valence-electron chi connectivity index (χ0n) is 10.6. The third-order valence-corrected chi connectivity index (χ3v) is 2.75. The van der Waals surface area contributed by atoms with Crippen molar-refractivity contribution < 1.29 is 9.84 Å². The summed E-state index contributed by atoms with van der Waals surface area (Å²) in [4.78, 5) is 0. The molecule has 1 aromatic rings. The van der Waals surface area contributed by atoms with E-state index in [4.69, 9.17) is 4.74 Å². The zero-order valence-corrected chi connectivity index (χ0v) is 10.6. The molecule has 0 aliphatic carbocycles. The van der Waals surface area contributed by atoms with Gasteiger partial charge in [0.1, 0.15) is 0 Å². The summed E-state index contributed by atoms with van der Waals surface area (Å²) in [6.45, 7) is 1.92. The molecule has 0 bridgehead atoms. The molecule has 0 fully saturated rings. The second-order valence-electron chi connectivity index (χ2n) is 4.22. The van der Waals surface area contributed by atoms with Gasteiger partial charge in [-0.3, -0.25) is 0 Å². The van der Waals surface area contributed by atoms with Gasteiger partial charge in [0, 0.05) is 19.8 Å². The minimum Gasteiger partial charge on any atom is -0.395 e. The molecule has 0 spiro atoms. The van der Waals surface area contributed by atoms with E-state index >= 15 is 0 Å². The summed E-state index contributed by atoms with van der Waals surface area (Å²) in [5.41, 5.74) is 1.26. The second kappa shape index (κ2) is 9.16. The maximum Gasteiger partial charge on any atom is 0.0587 e. The van der Waals surface area contributed by atoms with Crippen LogP contribution in [0.25, 0.3) is 0 Å². The number of hydrogen-bond donors (Lipinski definition) is 2. The number of rotatable bonds is 9. The number of benzene rings is 1.